The second kappa shape index (κ2) is 5.67. The topological polar surface area (TPSA) is 109 Å². The quantitative estimate of drug-likeness (QED) is 0.770. The first-order chi connectivity index (χ1) is 11.7. The van der Waals surface area contributed by atoms with Gasteiger partial charge in [-0.15, -0.1) is 0 Å². The van der Waals surface area contributed by atoms with Crippen LogP contribution < -0.4 is 16.6 Å². The molecule has 0 aromatic carbocycles. The van der Waals surface area contributed by atoms with E-state index < -0.39 is 0 Å². The summed E-state index contributed by atoms with van der Waals surface area (Å²) in [5, 5.41) is 9.61. The number of aromatic nitrogens is 1. The number of hydrogen-bond donors (Lipinski definition) is 3. The van der Waals surface area contributed by atoms with Crippen molar-refractivity contribution in [1.82, 2.24) is 15.8 Å². The summed E-state index contributed by atoms with van der Waals surface area (Å²) in [6.45, 7) is 1.88. The zero-order valence-electron chi connectivity index (χ0n) is 13.1. The average Bonchev–Trinajstić information content (AvgIpc) is 3.20. The number of hydrogen-bond acceptors (Lipinski definition) is 7. The number of fused-ring (bicyclic) bond motifs is 1. The molecular formula is C17H17N5O2. The fourth-order valence-electron chi connectivity index (χ4n) is 3.50. The van der Waals surface area contributed by atoms with Gasteiger partial charge in [-0.25, -0.2) is 10.9 Å². The van der Waals surface area contributed by atoms with Gasteiger partial charge in [0.2, 0.25) is 5.88 Å². The molecule has 2 aliphatic rings. The van der Waals surface area contributed by atoms with Gasteiger partial charge in [-0.3, -0.25) is 4.98 Å². The Bertz CT molecular complexity index is 823. The number of nitrogens with two attached hydrogens (primary N) is 1. The highest BCUT2D eigenvalue weighted by atomic mass is 16.5. The van der Waals surface area contributed by atoms with E-state index in [4.69, 9.17) is 14.9 Å². The smallest absolute Gasteiger partial charge is 0.200 e. The number of hydrazine groups is 1. The fourth-order valence-corrected chi connectivity index (χ4v) is 3.50. The summed E-state index contributed by atoms with van der Waals surface area (Å²) < 4.78 is 11.6. The third kappa shape index (κ3) is 2.24. The molecule has 7 heteroatoms. The Kier molecular flexibility index (Phi) is 3.49. The maximum absolute atomic E-state index is 9.61. The molecule has 1 saturated heterocycles. The van der Waals surface area contributed by atoms with Crippen molar-refractivity contribution in [2.75, 3.05) is 0 Å². The number of aryl methyl sites for hydroxylation is 1. The normalized spacial score (nSPS) is 29.0. The van der Waals surface area contributed by atoms with Gasteiger partial charge in [-0.2, -0.15) is 5.26 Å². The van der Waals surface area contributed by atoms with E-state index >= 15 is 0 Å². The molecule has 0 bridgehead atoms. The first kappa shape index (κ1) is 14.8. The van der Waals surface area contributed by atoms with Gasteiger partial charge >= 0.3 is 0 Å². The van der Waals surface area contributed by atoms with Crippen LogP contribution in [-0.2, 0) is 4.74 Å². The Morgan fingerprint density at radius 1 is 1.29 bits per heavy atom. The molecule has 1 fully saturated rings. The van der Waals surface area contributed by atoms with E-state index in [1.807, 2.05) is 31.2 Å². The van der Waals surface area contributed by atoms with Crippen molar-refractivity contribution in [2.24, 2.45) is 11.7 Å². The molecule has 4 unspecified atom stereocenters. The van der Waals surface area contributed by atoms with Gasteiger partial charge < -0.3 is 14.9 Å². The van der Waals surface area contributed by atoms with Crippen LogP contribution >= 0.6 is 0 Å². The zero-order valence-corrected chi connectivity index (χ0v) is 13.1. The minimum Gasteiger partial charge on any atom is -0.466 e. The van der Waals surface area contributed by atoms with Crippen LogP contribution in [0.4, 0.5) is 0 Å². The van der Waals surface area contributed by atoms with Crippen molar-refractivity contribution in [3.63, 3.8) is 0 Å². The van der Waals surface area contributed by atoms with E-state index in [-0.39, 0.29) is 30.0 Å². The van der Waals surface area contributed by atoms with Gasteiger partial charge in [0.05, 0.1) is 12.0 Å². The number of ether oxygens (including phenoxy) is 1. The highest BCUT2D eigenvalue weighted by Gasteiger charge is 2.50. The first-order valence-corrected chi connectivity index (χ1v) is 7.72. The van der Waals surface area contributed by atoms with Crippen molar-refractivity contribution in [2.45, 2.75) is 25.1 Å². The molecule has 0 spiro atoms. The molecule has 0 saturated carbocycles. The number of allylic oxidation sites excluding steroid dienone is 1. The number of furan rings is 1. The molecule has 0 amide bonds. The van der Waals surface area contributed by atoms with Crippen LogP contribution in [0.1, 0.15) is 29.0 Å². The second-order valence-electron chi connectivity index (χ2n) is 5.98. The summed E-state index contributed by atoms with van der Waals surface area (Å²) in [5.74, 6) is 1.25. The van der Waals surface area contributed by atoms with Crippen LogP contribution in [-0.4, -0.2) is 11.2 Å². The molecule has 122 valence electrons. The molecule has 0 aliphatic carbocycles. The van der Waals surface area contributed by atoms with Gasteiger partial charge in [0.1, 0.15) is 23.2 Å². The lowest BCUT2D eigenvalue weighted by Crippen LogP contribution is -2.40. The van der Waals surface area contributed by atoms with Crippen molar-refractivity contribution in [3.05, 3.63) is 65.2 Å². The summed E-state index contributed by atoms with van der Waals surface area (Å²) in [7, 11) is 0. The minimum absolute atomic E-state index is 0.0874. The maximum Gasteiger partial charge on any atom is 0.200 e. The van der Waals surface area contributed by atoms with Gasteiger partial charge in [0.15, 0.2) is 6.23 Å². The molecule has 2 aliphatic heterocycles. The Morgan fingerprint density at radius 2 is 2.17 bits per heavy atom. The van der Waals surface area contributed by atoms with Crippen LogP contribution in [0.2, 0.25) is 0 Å². The minimum atomic E-state index is -0.359. The number of pyridine rings is 1. The van der Waals surface area contributed by atoms with Crippen LogP contribution in [0, 0.1) is 24.2 Å². The predicted molar refractivity (Wildman–Crippen MR) is 84.6 cm³/mol. The molecule has 4 heterocycles. The zero-order chi connectivity index (χ0) is 16.7. The maximum atomic E-state index is 9.61. The standard InChI is InChI=1S/C17H17N5O2/c1-9-4-5-12(23-9)13-11(7-18)16(19)24-17-14(13)15(21-22-17)10-3-2-6-20-8-10/h2-6,8,13-15,17,21-22H,19H2,1H3. The highest BCUT2D eigenvalue weighted by molar-refractivity contribution is 5.39. The number of rotatable bonds is 2. The van der Waals surface area contributed by atoms with Gasteiger partial charge in [-0.1, -0.05) is 6.07 Å². The van der Waals surface area contributed by atoms with Crippen LogP contribution in [0.25, 0.3) is 0 Å². The van der Waals surface area contributed by atoms with Crippen LogP contribution in [0.15, 0.2) is 52.5 Å². The Hall–Kier alpha value is -2.82. The van der Waals surface area contributed by atoms with E-state index in [1.54, 1.807) is 12.4 Å². The van der Waals surface area contributed by atoms with E-state index in [2.05, 4.69) is 21.9 Å². The van der Waals surface area contributed by atoms with Crippen molar-refractivity contribution in [3.8, 4) is 6.07 Å². The van der Waals surface area contributed by atoms with E-state index in [0.29, 0.717) is 11.3 Å². The lowest BCUT2D eigenvalue weighted by molar-refractivity contribution is 0.0308. The molecule has 7 nitrogen and oxygen atoms in total. The molecule has 2 aromatic rings. The lowest BCUT2D eigenvalue weighted by atomic mass is 9.76. The molecule has 0 radical (unpaired) electrons. The molecule has 4 rings (SSSR count). The molecule has 4 atom stereocenters. The van der Waals surface area contributed by atoms with Crippen molar-refractivity contribution < 1.29 is 9.15 Å². The van der Waals surface area contributed by atoms with Crippen LogP contribution in [0.5, 0.6) is 0 Å². The van der Waals surface area contributed by atoms with E-state index in [9.17, 15) is 5.26 Å². The molecule has 4 N–H and O–H groups in total. The summed E-state index contributed by atoms with van der Waals surface area (Å²) in [6.07, 6.45) is 3.18. The summed E-state index contributed by atoms with van der Waals surface area (Å²) in [5.41, 5.74) is 13.7. The monoisotopic (exact) mass is 323 g/mol. The fraction of sp³-hybridized carbons (Fsp3) is 0.294. The molecule has 24 heavy (non-hydrogen) atoms. The number of nitrogens with zero attached hydrogens (tertiary/aromatic N) is 2. The predicted octanol–water partition coefficient (Wildman–Crippen LogP) is 1.58. The van der Waals surface area contributed by atoms with E-state index in [1.165, 1.54) is 0 Å². The highest BCUT2D eigenvalue weighted by Crippen LogP contribution is 2.47. The number of nitrogens with one attached hydrogen (secondary N) is 2. The summed E-state index contributed by atoms with van der Waals surface area (Å²) >= 11 is 0. The SMILES string of the molecule is Cc1ccc(C2C(C#N)=C(N)OC3NNC(c4cccnc4)C32)o1. The van der Waals surface area contributed by atoms with Gasteiger partial charge in [-0.05, 0) is 30.7 Å². The van der Waals surface area contributed by atoms with Crippen molar-refractivity contribution >= 4 is 0 Å². The third-order valence-corrected chi connectivity index (χ3v) is 4.56. The Balaban J connectivity index is 1.82. The Labute approximate surface area is 139 Å². The second-order valence-corrected chi connectivity index (χ2v) is 5.98. The average molecular weight is 323 g/mol. The lowest BCUT2D eigenvalue weighted by Gasteiger charge is -2.34. The Morgan fingerprint density at radius 3 is 2.83 bits per heavy atom. The first-order valence-electron chi connectivity index (χ1n) is 7.72. The molecule has 2 aromatic heterocycles. The summed E-state index contributed by atoms with van der Waals surface area (Å²) in [6, 6.07) is 9.77. The number of nitriles is 1. The van der Waals surface area contributed by atoms with Gasteiger partial charge in [0, 0.05) is 18.3 Å². The third-order valence-electron chi connectivity index (χ3n) is 4.56. The molecular weight excluding hydrogens is 306 g/mol. The van der Waals surface area contributed by atoms with E-state index in [0.717, 1.165) is 11.3 Å². The largest absolute Gasteiger partial charge is 0.466 e. The van der Waals surface area contributed by atoms with Gasteiger partial charge in [0.25, 0.3) is 0 Å². The van der Waals surface area contributed by atoms with Crippen molar-refractivity contribution in [1.29, 1.82) is 5.26 Å². The van der Waals surface area contributed by atoms with Crippen LogP contribution in [0.3, 0.4) is 0 Å². The summed E-state index contributed by atoms with van der Waals surface area (Å²) in [4.78, 5) is 4.19.